The van der Waals surface area contributed by atoms with Crippen molar-refractivity contribution in [1.82, 2.24) is 0 Å². The van der Waals surface area contributed by atoms with Crippen LogP contribution in [0.5, 0.6) is 0 Å². The number of carbonyl (C=O) groups excluding carboxylic acids is 3. The van der Waals surface area contributed by atoms with Gasteiger partial charge in [-0.3, -0.25) is 0 Å². The maximum absolute atomic E-state index is 13.2. The van der Waals surface area contributed by atoms with Gasteiger partial charge in [0.15, 0.2) is 0 Å². The summed E-state index contributed by atoms with van der Waals surface area (Å²) in [4.78, 5) is 35.8. The number of esters is 3. The summed E-state index contributed by atoms with van der Waals surface area (Å²) >= 11 is 0.818. The van der Waals surface area contributed by atoms with E-state index in [0.717, 1.165) is 24.5 Å². The number of carbonyl (C=O) groups is 3. The van der Waals surface area contributed by atoms with Crippen molar-refractivity contribution >= 4 is 34.2 Å². The average Bonchev–Trinajstić information content (AvgIpc) is 2.94. The quantitative estimate of drug-likeness (QED) is 0.639. The molecule has 25 heavy (non-hydrogen) atoms. The Kier molecular flexibility index (Phi) is 5.71. The number of rotatable bonds is 5. The number of nitrogen functional groups attached to an aromatic ring is 1. The van der Waals surface area contributed by atoms with Gasteiger partial charge in [-0.1, -0.05) is 6.07 Å². The molecule has 1 aromatic carbocycles. The van der Waals surface area contributed by atoms with Gasteiger partial charge >= 0.3 is 17.9 Å². The van der Waals surface area contributed by atoms with Crippen LogP contribution in [0.1, 0.15) is 36.0 Å². The molecule has 0 aliphatic rings. The lowest BCUT2D eigenvalue weighted by molar-refractivity contribution is 0.0452. The molecule has 0 unspecified atom stereocenters. The second-order valence-corrected chi connectivity index (χ2v) is 5.77. The van der Waals surface area contributed by atoms with E-state index in [9.17, 15) is 18.8 Å². The Balaban J connectivity index is 2.32. The van der Waals surface area contributed by atoms with Gasteiger partial charge < -0.3 is 19.9 Å². The smallest absolute Gasteiger partial charge is 0.348 e. The monoisotopic (exact) mass is 367 g/mol. The molecule has 132 valence electrons. The van der Waals surface area contributed by atoms with Crippen molar-refractivity contribution in [2.45, 2.75) is 6.61 Å². The summed E-state index contributed by atoms with van der Waals surface area (Å²) < 4.78 is 27.5. The molecule has 0 bridgehead atoms. The first kappa shape index (κ1) is 18.4. The molecule has 2 aromatic rings. The van der Waals surface area contributed by atoms with Crippen molar-refractivity contribution in [1.29, 1.82) is 0 Å². The van der Waals surface area contributed by atoms with E-state index in [1.54, 1.807) is 0 Å². The summed E-state index contributed by atoms with van der Waals surface area (Å²) in [7, 11) is 2.32. The Morgan fingerprint density at radius 2 is 1.80 bits per heavy atom. The maximum Gasteiger partial charge on any atom is 0.348 e. The van der Waals surface area contributed by atoms with E-state index in [0.29, 0.717) is 0 Å². The third-order valence-corrected chi connectivity index (χ3v) is 4.24. The Labute approximate surface area is 146 Å². The second-order valence-electron chi connectivity index (χ2n) is 4.72. The Bertz CT molecular complexity index is 832. The minimum absolute atomic E-state index is 0.0116. The number of halogens is 1. The SMILES string of the molecule is COC(=O)c1sc(N)c(C(=O)OC)c1COC(=O)c1cccc(F)c1. The normalized spacial score (nSPS) is 10.2. The molecule has 0 radical (unpaired) electrons. The van der Waals surface area contributed by atoms with E-state index < -0.39 is 30.3 Å². The van der Waals surface area contributed by atoms with Crippen LogP contribution < -0.4 is 5.73 Å². The molecule has 2 rings (SSSR count). The molecule has 1 aromatic heterocycles. The van der Waals surface area contributed by atoms with Crippen LogP contribution in [-0.2, 0) is 20.8 Å². The fraction of sp³-hybridized carbons (Fsp3) is 0.188. The molecule has 0 saturated carbocycles. The molecular formula is C16H14FNO6S. The zero-order chi connectivity index (χ0) is 18.6. The van der Waals surface area contributed by atoms with Gasteiger partial charge in [0.2, 0.25) is 0 Å². The third kappa shape index (κ3) is 3.94. The van der Waals surface area contributed by atoms with E-state index in [-0.39, 0.29) is 26.6 Å². The van der Waals surface area contributed by atoms with Gasteiger partial charge in [-0.25, -0.2) is 18.8 Å². The molecule has 2 N–H and O–H groups in total. The number of benzene rings is 1. The summed E-state index contributed by atoms with van der Waals surface area (Å²) in [6.07, 6.45) is 0. The van der Waals surface area contributed by atoms with Crippen LogP contribution in [-0.4, -0.2) is 32.1 Å². The van der Waals surface area contributed by atoms with Gasteiger partial charge in [-0.15, -0.1) is 11.3 Å². The zero-order valence-corrected chi connectivity index (χ0v) is 14.1. The molecule has 0 atom stereocenters. The zero-order valence-electron chi connectivity index (χ0n) is 13.3. The number of anilines is 1. The molecular weight excluding hydrogens is 353 g/mol. The molecule has 9 heteroatoms. The topological polar surface area (TPSA) is 105 Å². The highest BCUT2D eigenvalue weighted by Crippen LogP contribution is 2.33. The summed E-state index contributed by atoms with van der Waals surface area (Å²) in [5.74, 6) is -2.93. The Hall–Kier alpha value is -2.94. The van der Waals surface area contributed by atoms with Crippen LogP contribution in [0, 0.1) is 5.82 Å². The van der Waals surface area contributed by atoms with Gasteiger partial charge in [0.05, 0.1) is 19.8 Å². The number of ether oxygens (including phenoxy) is 3. The van der Waals surface area contributed by atoms with Gasteiger partial charge in [0, 0.05) is 5.56 Å². The van der Waals surface area contributed by atoms with E-state index in [4.69, 9.17) is 10.5 Å². The molecule has 0 aliphatic carbocycles. The minimum Gasteiger partial charge on any atom is -0.465 e. The fourth-order valence-electron chi connectivity index (χ4n) is 2.04. The lowest BCUT2D eigenvalue weighted by Crippen LogP contribution is -2.12. The first-order valence-electron chi connectivity index (χ1n) is 6.89. The van der Waals surface area contributed by atoms with Gasteiger partial charge in [0.1, 0.15) is 27.9 Å². The lowest BCUT2D eigenvalue weighted by Gasteiger charge is -2.08. The molecule has 1 heterocycles. The predicted octanol–water partition coefficient (Wildman–Crippen LogP) is 2.40. The standard InChI is InChI=1S/C16H14FNO6S/c1-22-15(20)11-10(12(16(21)23-2)25-13(11)18)7-24-14(19)8-4-3-5-9(17)6-8/h3-6H,7,18H2,1-2H3. The number of hydrogen-bond donors (Lipinski definition) is 1. The fourth-order valence-corrected chi connectivity index (χ4v) is 3.02. The van der Waals surface area contributed by atoms with Gasteiger partial charge in [-0.2, -0.15) is 0 Å². The maximum atomic E-state index is 13.2. The van der Waals surface area contributed by atoms with Gasteiger partial charge in [0.25, 0.3) is 0 Å². The number of methoxy groups -OCH3 is 2. The summed E-state index contributed by atoms with van der Waals surface area (Å²) in [6, 6.07) is 4.91. The van der Waals surface area contributed by atoms with Crippen LogP contribution in [0.4, 0.5) is 9.39 Å². The summed E-state index contributed by atoms with van der Waals surface area (Å²) in [5, 5.41) is 0.0315. The van der Waals surface area contributed by atoms with Crippen molar-refractivity contribution in [3.63, 3.8) is 0 Å². The van der Waals surface area contributed by atoms with Crippen LogP contribution >= 0.6 is 11.3 Å². The first-order valence-corrected chi connectivity index (χ1v) is 7.71. The molecule has 0 spiro atoms. The van der Waals surface area contributed by atoms with Crippen molar-refractivity contribution in [2.24, 2.45) is 0 Å². The van der Waals surface area contributed by atoms with Crippen molar-refractivity contribution in [3.05, 3.63) is 51.7 Å². The second kappa shape index (κ2) is 7.75. The first-order chi connectivity index (χ1) is 11.9. The van der Waals surface area contributed by atoms with Gasteiger partial charge in [-0.05, 0) is 18.2 Å². The number of thiophene rings is 1. The van der Waals surface area contributed by atoms with Crippen molar-refractivity contribution < 1.29 is 33.0 Å². The highest BCUT2D eigenvalue weighted by Gasteiger charge is 2.28. The van der Waals surface area contributed by atoms with E-state index in [2.05, 4.69) is 9.47 Å². The Morgan fingerprint density at radius 3 is 2.40 bits per heavy atom. The van der Waals surface area contributed by atoms with E-state index in [1.807, 2.05) is 0 Å². The van der Waals surface area contributed by atoms with E-state index in [1.165, 1.54) is 25.3 Å². The molecule has 0 saturated heterocycles. The predicted molar refractivity (Wildman–Crippen MR) is 86.9 cm³/mol. The van der Waals surface area contributed by atoms with Crippen molar-refractivity contribution in [2.75, 3.05) is 20.0 Å². The minimum atomic E-state index is -0.823. The lowest BCUT2D eigenvalue weighted by atomic mass is 10.1. The van der Waals surface area contributed by atoms with Crippen LogP contribution in [0.3, 0.4) is 0 Å². The summed E-state index contributed by atoms with van der Waals surface area (Å²) in [6.45, 7) is -0.433. The summed E-state index contributed by atoms with van der Waals surface area (Å²) in [5.41, 5.74) is 5.76. The van der Waals surface area contributed by atoms with Crippen LogP contribution in [0.2, 0.25) is 0 Å². The largest absolute Gasteiger partial charge is 0.465 e. The highest BCUT2D eigenvalue weighted by atomic mass is 32.1. The van der Waals surface area contributed by atoms with Crippen LogP contribution in [0.15, 0.2) is 24.3 Å². The highest BCUT2D eigenvalue weighted by molar-refractivity contribution is 7.18. The number of nitrogens with two attached hydrogens (primary N) is 1. The Morgan fingerprint density at radius 1 is 1.12 bits per heavy atom. The van der Waals surface area contributed by atoms with Crippen molar-refractivity contribution in [3.8, 4) is 0 Å². The third-order valence-electron chi connectivity index (χ3n) is 3.20. The number of hydrogen-bond acceptors (Lipinski definition) is 8. The van der Waals surface area contributed by atoms with Crippen LogP contribution in [0.25, 0.3) is 0 Å². The molecule has 0 fully saturated rings. The van der Waals surface area contributed by atoms with E-state index >= 15 is 0 Å². The average molecular weight is 367 g/mol. The molecule has 0 amide bonds. The molecule has 0 aliphatic heterocycles. The molecule has 7 nitrogen and oxygen atoms in total.